The second-order valence-electron chi connectivity index (χ2n) is 5.79. The minimum Gasteiger partial charge on any atom is -0.308 e. The molecular formula is C16H22N2. The van der Waals surface area contributed by atoms with Gasteiger partial charge in [-0.25, -0.2) is 0 Å². The minimum atomic E-state index is 0.158. The number of pyridine rings is 1. The Labute approximate surface area is 109 Å². The van der Waals surface area contributed by atoms with Crippen molar-refractivity contribution in [1.29, 1.82) is 0 Å². The number of hydrogen-bond donors (Lipinski definition) is 1. The molecule has 1 unspecified atom stereocenters. The van der Waals surface area contributed by atoms with E-state index in [0.29, 0.717) is 0 Å². The van der Waals surface area contributed by atoms with Crippen molar-refractivity contribution in [2.45, 2.75) is 33.7 Å². The first-order valence-electron chi connectivity index (χ1n) is 6.61. The van der Waals surface area contributed by atoms with E-state index < -0.39 is 0 Å². The van der Waals surface area contributed by atoms with Crippen molar-refractivity contribution in [2.75, 3.05) is 6.54 Å². The van der Waals surface area contributed by atoms with Crippen LogP contribution in [0.2, 0.25) is 0 Å². The number of nitrogens with zero attached hydrogens (tertiary/aromatic N) is 1. The third-order valence-electron chi connectivity index (χ3n) is 3.19. The third-order valence-corrected chi connectivity index (χ3v) is 3.19. The molecule has 2 heteroatoms. The fourth-order valence-electron chi connectivity index (χ4n) is 2.30. The summed E-state index contributed by atoms with van der Waals surface area (Å²) in [5, 5.41) is 4.74. The minimum absolute atomic E-state index is 0.158. The molecule has 0 saturated heterocycles. The molecule has 0 saturated carbocycles. The number of hydrogen-bond acceptors (Lipinski definition) is 2. The topological polar surface area (TPSA) is 24.9 Å². The van der Waals surface area contributed by atoms with Gasteiger partial charge in [0.05, 0.1) is 17.3 Å². The van der Waals surface area contributed by atoms with Crippen LogP contribution in [-0.2, 0) is 0 Å². The van der Waals surface area contributed by atoms with Crippen LogP contribution in [0.5, 0.6) is 0 Å². The van der Waals surface area contributed by atoms with Crippen LogP contribution < -0.4 is 5.32 Å². The average molecular weight is 242 g/mol. The van der Waals surface area contributed by atoms with Crippen LogP contribution in [0.1, 0.15) is 39.4 Å². The van der Waals surface area contributed by atoms with Gasteiger partial charge in [-0.15, -0.1) is 0 Å². The van der Waals surface area contributed by atoms with Gasteiger partial charge in [0.15, 0.2) is 0 Å². The molecule has 0 aliphatic rings. The van der Waals surface area contributed by atoms with Crippen molar-refractivity contribution in [1.82, 2.24) is 10.3 Å². The summed E-state index contributed by atoms with van der Waals surface area (Å²) in [5.74, 6) is 0. The van der Waals surface area contributed by atoms with E-state index in [0.717, 1.165) is 17.8 Å². The number of benzene rings is 1. The molecule has 1 aromatic heterocycles. The lowest BCUT2D eigenvalue weighted by Gasteiger charge is -2.31. The zero-order valence-electron chi connectivity index (χ0n) is 11.7. The maximum absolute atomic E-state index is 4.80. The predicted octanol–water partition coefficient (Wildman–Crippen LogP) is 3.93. The van der Waals surface area contributed by atoms with Gasteiger partial charge in [0.1, 0.15) is 0 Å². The summed E-state index contributed by atoms with van der Waals surface area (Å²) in [6.07, 6.45) is 0. The van der Waals surface area contributed by atoms with Gasteiger partial charge in [-0.1, -0.05) is 52.0 Å². The van der Waals surface area contributed by atoms with Crippen molar-refractivity contribution in [3.8, 4) is 0 Å². The SMILES string of the molecule is CCNC(c1ccc2ccccc2n1)C(C)(C)C. The summed E-state index contributed by atoms with van der Waals surface area (Å²) >= 11 is 0. The van der Waals surface area contributed by atoms with Crippen LogP contribution in [-0.4, -0.2) is 11.5 Å². The summed E-state index contributed by atoms with van der Waals surface area (Å²) < 4.78 is 0. The van der Waals surface area contributed by atoms with E-state index in [1.54, 1.807) is 0 Å². The number of aromatic nitrogens is 1. The Hall–Kier alpha value is -1.41. The molecule has 0 spiro atoms. The second-order valence-corrected chi connectivity index (χ2v) is 5.79. The van der Waals surface area contributed by atoms with Gasteiger partial charge in [0.2, 0.25) is 0 Å². The first-order chi connectivity index (χ1) is 8.52. The van der Waals surface area contributed by atoms with E-state index >= 15 is 0 Å². The van der Waals surface area contributed by atoms with Crippen molar-refractivity contribution in [3.63, 3.8) is 0 Å². The molecule has 1 aromatic carbocycles. The number of nitrogens with one attached hydrogen (secondary N) is 1. The molecule has 2 aromatic rings. The number of rotatable bonds is 3. The molecule has 0 radical (unpaired) electrons. The molecule has 1 atom stereocenters. The molecule has 0 fully saturated rings. The van der Waals surface area contributed by atoms with Crippen molar-refractivity contribution >= 4 is 10.9 Å². The predicted molar refractivity (Wildman–Crippen MR) is 77.6 cm³/mol. The van der Waals surface area contributed by atoms with Gasteiger partial charge in [-0.05, 0) is 24.1 Å². The van der Waals surface area contributed by atoms with Gasteiger partial charge in [0, 0.05) is 5.39 Å². The lowest BCUT2D eigenvalue weighted by molar-refractivity contribution is 0.272. The summed E-state index contributed by atoms with van der Waals surface area (Å²) in [4.78, 5) is 4.80. The van der Waals surface area contributed by atoms with Crippen molar-refractivity contribution in [2.24, 2.45) is 5.41 Å². The normalized spacial score (nSPS) is 13.8. The fraction of sp³-hybridized carbons (Fsp3) is 0.438. The number of para-hydroxylation sites is 1. The molecule has 2 rings (SSSR count). The van der Waals surface area contributed by atoms with E-state index in [1.807, 2.05) is 6.07 Å². The zero-order valence-corrected chi connectivity index (χ0v) is 11.7. The molecule has 96 valence electrons. The standard InChI is InChI=1S/C16H22N2/c1-5-17-15(16(2,3)4)14-11-10-12-8-6-7-9-13(12)18-14/h6-11,15,17H,5H2,1-4H3. The van der Waals surface area contributed by atoms with E-state index in [9.17, 15) is 0 Å². The molecular weight excluding hydrogens is 220 g/mol. The number of fused-ring (bicyclic) bond motifs is 1. The maximum atomic E-state index is 4.80. The Bertz CT molecular complexity index is 526. The van der Waals surface area contributed by atoms with E-state index in [-0.39, 0.29) is 11.5 Å². The lowest BCUT2D eigenvalue weighted by atomic mass is 9.84. The molecule has 1 N–H and O–H groups in total. The van der Waals surface area contributed by atoms with Crippen LogP contribution in [0.3, 0.4) is 0 Å². The Kier molecular flexibility index (Phi) is 3.67. The highest BCUT2D eigenvalue weighted by Gasteiger charge is 2.26. The molecule has 0 amide bonds. The monoisotopic (exact) mass is 242 g/mol. The van der Waals surface area contributed by atoms with Crippen molar-refractivity contribution < 1.29 is 0 Å². The molecule has 2 nitrogen and oxygen atoms in total. The summed E-state index contributed by atoms with van der Waals surface area (Å²) in [6, 6.07) is 12.9. The first-order valence-corrected chi connectivity index (χ1v) is 6.61. The highest BCUT2D eigenvalue weighted by atomic mass is 15.0. The van der Waals surface area contributed by atoms with Crippen LogP contribution in [0.4, 0.5) is 0 Å². The summed E-state index contributed by atoms with van der Waals surface area (Å²) in [7, 11) is 0. The van der Waals surface area contributed by atoms with Gasteiger partial charge in [-0.2, -0.15) is 0 Å². The van der Waals surface area contributed by atoms with E-state index in [1.165, 1.54) is 5.39 Å². The third kappa shape index (κ3) is 2.70. The Morgan fingerprint density at radius 3 is 2.50 bits per heavy atom. The Morgan fingerprint density at radius 2 is 1.83 bits per heavy atom. The smallest absolute Gasteiger partial charge is 0.0706 e. The Balaban J connectivity index is 2.44. The quantitative estimate of drug-likeness (QED) is 0.882. The molecule has 1 heterocycles. The molecule has 0 bridgehead atoms. The maximum Gasteiger partial charge on any atom is 0.0706 e. The lowest BCUT2D eigenvalue weighted by Crippen LogP contribution is -2.32. The van der Waals surface area contributed by atoms with Crippen LogP contribution in [0.25, 0.3) is 10.9 Å². The zero-order chi connectivity index (χ0) is 13.2. The van der Waals surface area contributed by atoms with Crippen LogP contribution >= 0.6 is 0 Å². The summed E-state index contributed by atoms with van der Waals surface area (Å²) in [5.41, 5.74) is 2.36. The second kappa shape index (κ2) is 5.07. The first kappa shape index (κ1) is 13.0. The van der Waals surface area contributed by atoms with Gasteiger partial charge in [0.25, 0.3) is 0 Å². The molecule has 0 aliphatic carbocycles. The summed E-state index contributed by atoms with van der Waals surface area (Å²) in [6.45, 7) is 9.84. The van der Waals surface area contributed by atoms with E-state index in [2.05, 4.69) is 63.3 Å². The van der Waals surface area contributed by atoms with Gasteiger partial charge < -0.3 is 5.32 Å². The van der Waals surface area contributed by atoms with Gasteiger partial charge in [-0.3, -0.25) is 4.98 Å². The van der Waals surface area contributed by atoms with E-state index in [4.69, 9.17) is 4.98 Å². The van der Waals surface area contributed by atoms with Gasteiger partial charge >= 0.3 is 0 Å². The largest absolute Gasteiger partial charge is 0.308 e. The van der Waals surface area contributed by atoms with Crippen LogP contribution in [0.15, 0.2) is 36.4 Å². The fourth-order valence-corrected chi connectivity index (χ4v) is 2.30. The average Bonchev–Trinajstić information content (AvgIpc) is 2.34. The van der Waals surface area contributed by atoms with Crippen molar-refractivity contribution in [3.05, 3.63) is 42.1 Å². The Morgan fingerprint density at radius 1 is 1.11 bits per heavy atom. The van der Waals surface area contributed by atoms with Crippen LogP contribution in [0, 0.1) is 5.41 Å². The molecule has 0 aliphatic heterocycles. The molecule has 18 heavy (non-hydrogen) atoms. The highest BCUT2D eigenvalue weighted by molar-refractivity contribution is 5.78. The highest BCUT2D eigenvalue weighted by Crippen LogP contribution is 2.32.